The summed E-state index contributed by atoms with van der Waals surface area (Å²) in [5.74, 6) is 1.32. The third-order valence-corrected chi connectivity index (χ3v) is 3.17. The highest BCUT2D eigenvalue weighted by Gasteiger charge is 2.00. The fourth-order valence-electron chi connectivity index (χ4n) is 1.20. The normalized spacial score (nSPS) is 13.6. The summed E-state index contributed by atoms with van der Waals surface area (Å²) in [5, 5.41) is 4.30. The lowest BCUT2D eigenvalue weighted by molar-refractivity contribution is 0.510. The van der Waals surface area contributed by atoms with Crippen LogP contribution in [0.15, 0.2) is 0 Å². The maximum Gasteiger partial charge on any atom is 0.00390 e. The Morgan fingerprint density at radius 1 is 1.23 bits per heavy atom. The molecule has 0 aliphatic carbocycles. The van der Waals surface area contributed by atoms with E-state index in [2.05, 4.69) is 44.8 Å². The largest absolute Gasteiger partial charge is 0.314 e. The molecular formula is C11H25NS. The lowest BCUT2D eigenvalue weighted by atomic mass is 10.2. The quantitative estimate of drug-likeness (QED) is 0.608. The van der Waals surface area contributed by atoms with Crippen LogP contribution in [-0.2, 0) is 0 Å². The Morgan fingerprint density at radius 2 is 1.92 bits per heavy atom. The van der Waals surface area contributed by atoms with Crippen molar-refractivity contribution in [3.05, 3.63) is 0 Å². The Hall–Kier alpha value is 0.310. The zero-order chi connectivity index (χ0) is 10.1. The van der Waals surface area contributed by atoms with E-state index in [1.165, 1.54) is 31.6 Å². The van der Waals surface area contributed by atoms with E-state index in [9.17, 15) is 0 Å². The fourth-order valence-corrected chi connectivity index (χ4v) is 2.01. The molecule has 0 aliphatic rings. The van der Waals surface area contributed by atoms with Gasteiger partial charge in [-0.2, -0.15) is 11.8 Å². The second-order valence-electron chi connectivity index (χ2n) is 3.92. The molecule has 0 radical (unpaired) electrons. The second-order valence-corrected chi connectivity index (χ2v) is 5.60. The average molecular weight is 203 g/mol. The fraction of sp³-hybridized carbons (Fsp3) is 1.00. The van der Waals surface area contributed by atoms with E-state index < -0.39 is 0 Å². The Morgan fingerprint density at radius 3 is 2.46 bits per heavy atom. The molecule has 0 heterocycles. The van der Waals surface area contributed by atoms with E-state index >= 15 is 0 Å². The number of rotatable bonds is 8. The molecule has 1 N–H and O–H groups in total. The van der Waals surface area contributed by atoms with Gasteiger partial charge in [-0.05, 0) is 43.7 Å². The molecule has 1 nitrogen and oxygen atoms in total. The molecule has 0 spiro atoms. The molecule has 0 aliphatic heterocycles. The van der Waals surface area contributed by atoms with Gasteiger partial charge >= 0.3 is 0 Å². The van der Waals surface area contributed by atoms with Crippen LogP contribution in [0.5, 0.6) is 0 Å². The lowest BCUT2D eigenvalue weighted by Crippen LogP contribution is -2.26. The van der Waals surface area contributed by atoms with Gasteiger partial charge in [0.1, 0.15) is 0 Å². The van der Waals surface area contributed by atoms with Gasteiger partial charge in [0.25, 0.3) is 0 Å². The molecule has 0 saturated heterocycles. The van der Waals surface area contributed by atoms with E-state index in [0.29, 0.717) is 6.04 Å². The monoisotopic (exact) mass is 203 g/mol. The minimum absolute atomic E-state index is 0.702. The van der Waals surface area contributed by atoms with Crippen LogP contribution in [0.25, 0.3) is 0 Å². The molecular weight excluding hydrogens is 178 g/mol. The first-order valence-electron chi connectivity index (χ1n) is 5.51. The molecule has 2 heteroatoms. The molecule has 0 aromatic rings. The van der Waals surface area contributed by atoms with Crippen molar-refractivity contribution in [3.63, 3.8) is 0 Å². The van der Waals surface area contributed by atoms with Gasteiger partial charge in [0.15, 0.2) is 0 Å². The van der Waals surface area contributed by atoms with Crippen LogP contribution in [0.4, 0.5) is 0 Å². The maximum atomic E-state index is 3.51. The summed E-state index contributed by atoms with van der Waals surface area (Å²) in [7, 11) is 0. The summed E-state index contributed by atoms with van der Waals surface area (Å²) in [6.07, 6.45) is 3.91. The Labute approximate surface area is 88.1 Å². The predicted octanol–water partition coefficient (Wildman–Crippen LogP) is 3.30. The average Bonchev–Trinajstić information content (AvgIpc) is 2.08. The smallest absolute Gasteiger partial charge is 0.00390 e. The molecule has 0 amide bonds. The number of nitrogens with one attached hydrogen (secondary N) is 1. The maximum absolute atomic E-state index is 3.51. The van der Waals surface area contributed by atoms with Crippen molar-refractivity contribution in [1.29, 1.82) is 0 Å². The molecule has 80 valence electrons. The van der Waals surface area contributed by atoms with E-state index in [1.807, 2.05) is 0 Å². The highest BCUT2D eigenvalue weighted by atomic mass is 32.2. The molecule has 0 fully saturated rings. The zero-order valence-corrected chi connectivity index (χ0v) is 10.4. The van der Waals surface area contributed by atoms with Crippen molar-refractivity contribution in [3.8, 4) is 0 Å². The van der Waals surface area contributed by atoms with E-state index in [1.54, 1.807) is 0 Å². The van der Waals surface area contributed by atoms with Gasteiger partial charge in [-0.3, -0.25) is 0 Å². The van der Waals surface area contributed by atoms with Crippen molar-refractivity contribution >= 4 is 11.8 Å². The molecule has 1 unspecified atom stereocenters. The van der Waals surface area contributed by atoms with Crippen LogP contribution in [-0.4, -0.2) is 23.6 Å². The van der Waals surface area contributed by atoms with Crippen molar-refractivity contribution < 1.29 is 0 Å². The highest BCUT2D eigenvalue weighted by molar-refractivity contribution is 7.99. The van der Waals surface area contributed by atoms with Crippen molar-refractivity contribution in [2.45, 2.75) is 58.2 Å². The van der Waals surface area contributed by atoms with Crippen LogP contribution in [0, 0.1) is 0 Å². The Balaban J connectivity index is 3.12. The molecule has 0 rings (SSSR count). The van der Waals surface area contributed by atoms with Crippen molar-refractivity contribution in [2.24, 2.45) is 0 Å². The molecule has 13 heavy (non-hydrogen) atoms. The summed E-state index contributed by atoms with van der Waals surface area (Å²) < 4.78 is 0. The van der Waals surface area contributed by atoms with Crippen molar-refractivity contribution in [2.75, 3.05) is 12.3 Å². The summed E-state index contributed by atoms with van der Waals surface area (Å²) in [4.78, 5) is 0. The highest BCUT2D eigenvalue weighted by Crippen LogP contribution is 2.12. The summed E-state index contributed by atoms with van der Waals surface area (Å²) in [6, 6.07) is 0.702. The van der Waals surface area contributed by atoms with Gasteiger partial charge in [-0.15, -0.1) is 0 Å². The van der Waals surface area contributed by atoms with Crippen LogP contribution in [0.1, 0.15) is 47.0 Å². The number of hydrogen-bond acceptors (Lipinski definition) is 2. The molecule has 0 aromatic carbocycles. The van der Waals surface area contributed by atoms with Gasteiger partial charge in [0, 0.05) is 6.04 Å². The number of thioether (sulfide) groups is 1. The number of hydrogen-bond donors (Lipinski definition) is 1. The first kappa shape index (κ1) is 13.3. The summed E-state index contributed by atoms with van der Waals surface area (Å²) in [5.41, 5.74) is 0. The van der Waals surface area contributed by atoms with E-state index in [-0.39, 0.29) is 0 Å². The predicted molar refractivity (Wildman–Crippen MR) is 64.6 cm³/mol. The van der Waals surface area contributed by atoms with Crippen LogP contribution >= 0.6 is 11.8 Å². The van der Waals surface area contributed by atoms with Gasteiger partial charge in [0.2, 0.25) is 0 Å². The first-order chi connectivity index (χ1) is 6.16. The molecule has 0 saturated carbocycles. The van der Waals surface area contributed by atoms with Crippen LogP contribution in [0.3, 0.4) is 0 Å². The zero-order valence-electron chi connectivity index (χ0n) is 9.60. The van der Waals surface area contributed by atoms with E-state index in [4.69, 9.17) is 0 Å². The SMILES string of the molecule is CCCNC(C)CCCSC(C)C. The molecule has 0 aromatic heterocycles. The van der Waals surface area contributed by atoms with Crippen molar-refractivity contribution in [1.82, 2.24) is 5.32 Å². The third-order valence-electron chi connectivity index (χ3n) is 1.98. The Bertz CT molecular complexity index is 104. The van der Waals surface area contributed by atoms with Crippen LogP contribution < -0.4 is 5.32 Å². The standard InChI is InChI=1S/C11H25NS/c1-5-8-12-11(4)7-6-9-13-10(2)3/h10-12H,5-9H2,1-4H3. The second kappa shape index (κ2) is 8.89. The third kappa shape index (κ3) is 10.2. The minimum atomic E-state index is 0.702. The summed E-state index contributed by atoms with van der Waals surface area (Å²) >= 11 is 2.07. The lowest BCUT2D eigenvalue weighted by Gasteiger charge is -2.12. The van der Waals surface area contributed by atoms with Gasteiger partial charge in [-0.1, -0.05) is 20.8 Å². The Kier molecular flexibility index (Phi) is 9.10. The first-order valence-corrected chi connectivity index (χ1v) is 6.56. The topological polar surface area (TPSA) is 12.0 Å². The van der Waals surface area contributed by atoms with E-state index in [0.717, 1.165) is 5.25 Å². The molecule has 0 bridgehead atoms. The molecule has 1 atom stereocenters. The van der Waals surface area contributed by atoms with Gasteiger partial charge in [-0.25, -0.2) is 0 Å². The van der Waals surface area contributed by atoms with Crippen LogP contribution in [0.2, 0.25) is 0 Å². The summed E-state index contributed by atoms with van der Waals surface area (Å²) in [6.45, 7) is 10.2. The minimum Gasteiger partial charge on any atom is -0.314 e. The van der Waals surface area contributed by atoms with Gasteiger partial charge in [0.05, 0.1) is 0 Å². The van der Waals surface area contributed by atoms with Gasteiger partial charge < -0.3 is 5.32 Å².